The van der Waals surface area contributed by atoms with Gasteiger partial charge in [0.1, 0.15) is 0 Å². The summed E-state index contributed by atoms with van der Waals surface area (Å²) in [7, 11) is 0. The lowest BCUT2D eigenvalue weighted by Gasteiger charge is -2.31. The van der Waals surface area contributed by atoms with Crippen LogP contribution in [0.2, 0.25) is 0 Å². The number of nitrogens with one attached hydrogen (secondary N) is 1. The molecule has 0 saturated heterocycles. The summed E-state index contributed by atoms with van der Waals surface area (Å²) in [4.78, 5) is 0. The molecule has 0 amide bonds. The lowest BCUT2D eigenvalue weighted by atomic mass is 9.81. The van der Waals surface area contributed by atoms with Gasteiger partial charge in [-0.2, -0.15) is 0 Å². The number of benzene rings is 1. The molecule has 1 aliphatic carbocycles. The second kappa shape index (κ2) is 8.58. The molecular weight excluding hydrogens is 254 g/mol. The van der Waals surface area contributed by atoms with Crippen molar-refractivity contribution in [2.45, 2.75) is 71.8 Å². The Labute approximate surface area is 131 Å². The first-order valence-corrected chi connectivity index (χ1v) is 9.03. The van der Waals surface area contributed by atoms with Crippen LogP contribution in [0.25, 0.3) is 0 Å². The van der Waals surface area contributed by atoms with E-state index >= 15 is 0 Å². The van der Waals surface area contributed by atoms with Crippen molar-refractivity contribution in [2.75, 3.05) is 6.54 Å². The van der Waals surface area contributed by atoms with E-state index in [1.54, 1.807) is 0 Å². The van der Waals surface area contributed by atoms with Crippen LogP contribution in [0.15, 0.2) is 24.3 Å². The largest absolute Gasteiger partial charge is 0.310 e. The highest BCUT2D eigenvalue weighted by molar-refractivity contribution is 5.26. The van der Waals surface area contributed by atoms with Crippen LogP contribution >= 0.6 is 0 Å². The first-order valence-electron chi connectivity index (χ1n) is 9.03. The van der Waals surface area contributed by atoms with Crippen molar-refractivity contribution in [3.05, 3.63) is 35.4 Å². The maximum Gasteiger partial charge on any atom is 0.0348 e. The Morgan fingerprint density at radius 2 is 1.71 bits per heavy atom. The molecule has 0 radical (unpaired) electrons. The highest BCUT2D eigenvalue weighted by atomic mass is 14.9. The minimum absolute atomic E-state index is 0.568. The molecule has 1 fully saturated rings. The molecule has 0 aliphatic heterocycles. The minimum atomic E-state index is 0.568. The van der Waals surface area contributed by atoms with E-state index in [9.17, 15) is 0 Å². The highest BCUT2D eigenvalue weighted by Gasteiger charge is 2.24. The summed E-state index contributed by atoms with van der Waals surface area (Å²) in [5, 5.41) is 3.82. The highest BCUT2D eigenvalue weighted by Crippen LogP contribution is 2.34. The first kappa shape index (κ1) is 16.5. The molecular formula is C20H33N. The van der Waals surface area contributed by atoms with E-state index in [0.717, 1.165) is 18.4 Å². The average Bonchev–Trinajstić information content (AvgIpc) is 2.50. The molecule has 21 heavy (non-hydrogen) atoms. The average molecular weight is 287 g/mol. The molecule has 118 valence electrons. The molecule has 2 rings (SSSR count). The predicted octanol–water partition coefficient (Wildman–Crippen LogP) is 5.51. The summed E-state index contributed by atoms with van der Waals surface area (Å²) < 4.78 is 0. The lowest BCUT2D eigenvalue weighted by Crippen LogP contribution is -2.30. The summed E-state index contributed by atoms with van der Waals surface area (Å²) in [5.41, 5.74) is 2.98. The Kier molecular flexibility index (Phi) is 6.76. The van der Waals surface area contributed by atoms with Crippen LogP contribution in [0, 0.1) is 11.8 Å². The SMILES string of the molecule is CCCNC(c1ccc(CC(C)C)cc1)C1CCCCC1. The summed E-state index contributed by atoms with van der Waals surface area (Å²) in [6.07, 6.45) is 9.47. The third kappa shape index (κ3) is 5.14. The number of hydrogen-bond acceptors (Lipinski definition) is 1. The number of rotatable bonds is 7. The zero-order valence-corrected chi connectivity index (χ0v) is 14.2. The molecule has 0 bridgehead atoms. The Morgan fingerprint density at radius 1 is 1.05 bits per heavy atom. The monoisotopic (exact) mass is 287 g/mol. The molecule has 1 nitrogen and oxygen atoms in total. The van der Waals surface area contributed by atoms with E-state index < -0.39 is 0 Å². The number of hydrogen-bond donors (Lipinski definition) is 1. The van der Waals surface area contributed by atoms with Gasteiger partial charge in [-0.3, -0.25) is 0 Å². The Balaban J connectivity index is 2.07. The quantitative estimate of drug-likeness (QED) is 0.697. The molecule has 1 atom stereocenters. The molecule has 0 heterocycles. The van der Waals surface area contributed by atoms with Crippen LogP contribution in [0.4, 0.5) is 0 Å². The van der Waals surface area contributed by atoms with Crippen LogP contribution in [0.1, 0.15) is 76.5 Å². The van der Waals surface area contributed by atoms with Gasteiger partial charge in [0.15, 0.2) is 0 Å². The fourth-order valence-corrected chi connectivity index (χ4v) is 3.66. The fourth-order valence-electron chi connectivity index (χ4n) is 3.66. The van der Waals surface area contributed by atoms with Crippen molar-refractivity contribution in [3.63, 3.8) is 0 Å². The van der Waals surface area contributed by atoms with Gasteiger partial charge in [0.25, 0.3) is 0 Å². The molecule has 0 aromatic heterocycles. The van der Waals surface area contributed by atoms with Crippen LogP contribution in [0.5, 0.6) is 0 Å². The third-order valence-corrected chi connectivity index (χ3v) is 4.72. The Hall–Kier alpha value is -0.820. The van der Waals surface area contributed by atoms with Gasteiger partial charge in [-0.15, -0.1) is 0 Å². The lowest BCUT2D eigenvalue weighted by molar-refractivity contribution is 0.272. The van der Waals surface area contributed by atoms with Gasteiger partial charge in [0.2, 0.25) is 0 Å². The summed E-state index contributed by atoms with van der Waals surface area (Å²) in [6.45, 7) is 7.98. The van der Waals surface area contributed by atoms with Gasteiger partial charge in [0.05, 0.1) is 0 Å². The maximum atomic E-state index is 3.82. The molecule has 1 aliphatic rings. The molecule has 1 N–H and O–H groups in total. The second-order valence-electron chi connectivity index (χ2n) is 7.17. The van der Waals surface area contributed by atoms with Gasteiger partial charge >= 0.3 is 0 Å². The third-order valence-electron chi connectivity index (χ3n) is 4.72. The molecule has 0 spiro atoms. The smallest absolute Gasteiger partial charge is 0.0348 e. The van der Waals surface area contributed by atoms with Gasteiger partial charge in [0, 0.05) is 6.04 Å². The molecule has 1 unspecified atom stereocenters. The van der Waals surface area contributed by atoms with Gasteiger partial charge in [-0.05, 0) is 55.2 Å². The summed E-state index contributed by atoms with van der Waals surface area (Å²) in [6, 6.07) is 10.0. The fraction of sp³-hybridized carbons (Fsp3) is 0.700. The van der Waals surface area contributed by atoms with Crippen LogP contribution < -0.4 is 5.32 Å². The van der Waals surface area contributed by atoms with Crippen molar-refractivity contribution in [1.82, 2.24) is 5.32 Å². The van der Waals surface area contributed by atoms with Crippen molar-refractivity contribution in [2.24, 2.45) is 11.8 Å². The zero-order valence-electron chi connectivity index (χ0n) is 14.2. The van der Waals surface area contributed by atoms with Gasteiger partial charge in [-0.1, -0.05) is 64.3 Å². The van der Waals surface area contributed by atoms with Crippen molar-refractivity contribution in [1.29, 1.82) is 0 Å². The first-order chi connectivity index (χ1) is 10.2. The molecule has 1 heteroatoms. The van der Waals surface area contributed by atoms with Gasteiger partial charge < -0.3 is 5.32 Å². The van der Waals surface area contributed by atoms with Crippen LogP contribution in [-0.2, 0) is 6.42 Å². The minimum Gasteiger partial charge on any atom is -0.310 e. The van der Waals surface area contributed by atoms with Crippen molar-refractivity contribution in [3.8, 4) is 0 Å². The van der Waals surface area contributed by atoms with E-state index in [1.807, 2.05) is 0 Å². The molecule has 1 saturated carbocycles. The van der Waals surface area contributed by atoms with Gasteiger partial charge in [-0.25, -0.2) is 0 Å². The summed E-state index contributed by atoms with van der Waals surface area (Å²) in [5.74, 6) is 1.57. The standard InChI is InChI=1S/C20H33N/c1-4-14-21-20(18-8-6-5-7-9-18)19-12-10-17(11-13-19)15-16(2)3/h10-13,16,18,20-21H,4-9,14-15H2,1-3H3. The predicted molar refractivity (Wildman–Crippen MR) is 92.6 cm³/mol. The van der Waals surface area contributed by atoms with Crippen molar-refractivity contribution < 1.29 is 0 Å². The van der Waals surface area contributed by atoms with Crippen LogP contribution in [0.3, 0.4) is 0 Å². The Morgan fingerprint density at radius 3 is 2.29 bits per heavy atom. The topological polar surface area (TPSA) is 12.0 Å². The maximum absolute atomic E-state index is 3.82. The van der Waals surface area contributed by atoms with E-state index in [2.05, 4.69) is 50.4 Å². The normalized spacial score (nSPS) is 18.1. The van der Waals surface area contributed by atoms with E-state index in [1.165, 1.54) is 56.1 Å². The zero-order chi connectivity index (χ0) is 15.1. The summed E-state index contributed by atoms with van der Waals surface area (Å²) >= 11 is 0. The Bertz CT molecular complexity index is 387. The van der Waals surface area contributed by atoms with E-state index in [0.29, 0.717) is 6.04 Å². The molecule has 1 aromatic rings. The van der Waals surface area contributed by atoms with Crippen LogP contribution in [-0.4, -0.2) is 6.54 Å². The van der Waals surface area contributed by atoms with E-state index in [-0.39, 0.29) is 0 Å². The van der Waals surface area contributed by atoms with Crippen molar-refractivity contribution >= 4 is 0 Å². The molecule has 1 aromatic carbocycles. The van der Waals surface area contributed by atoms with E-state index in [4.69, 9.17) is 0 Å². The second-order valence-corrected chi connectivity index (χ2v) is 7.17.